The van der Waals surface area contributed by atoms with Gasteiger partial charge in [-0.1, -0.05) is 125 Å². The molecule has 0 atom stereocenters. The molecule has 4 aromatic rings. The fourth-order valence-electron chi connectivity index (χ4n) is 8.30. The number of carbonyl (C=O) groups excluding carboxylic acids is 3. The van der Waals surface area contributed by atoms with Gasteiger partial charge in [-0.15, -0.1) is 0 Å². The molecular formula is C60H81N3O12. The molecule has 3 aromatic carbocycles. The second-order valence-electron chi connectivity index (χ2n) is 25.2. The number of hydrogen-bond donors (Lipinski definition) is 3. The summed E-state index contributed by atoms with van der Waals surface area (Å²) >= 11 is 0. The first-order valence-electron chi connectivity index (χ1n) is 25.4. The number of ether oxygens (including phenoxy) is 3. The Kier molecular flexibility index (Phi) is 18.5. The van der Waals surface area contributed by atoms with Crippen molar-refractivity contribution >= 4 is 36.1 Å². The minimum atomic E-state index is -1.06. The summed E-state index contributed by atoms with van der Waals surface area (Å²) in [6.45, 7) is 32.7. The monoisotopic (exact) mass is 1040 g/mol. The van der Waals surface area contributed by atoms with Gasteiger partial charge in [0.15, 0.2) is 0 Å². The van der Waals surface area contributed by atoms with E-state index in [0.29, 0.717) is 63.8 Å². The van der Waals surface area contributed by atoms with Crippen LogP contribution < -0.4 is 17.1 Å². The Morgan fingerprint density at radius 2 is 0.547 bits per heavy atom. The van der Waals surface area contributed by atoms with E-state index in [9.17, 15) is 44.1 Å². The Morgan fingerprint density at radius 1 is 0.373 bits per heavy atom. The van der Waals surface area contributed by atoms with E-state index in [4.69, 9.17) is 14.2 Å². The fourth-order valence-corrected chi connectivity index (χ4v) is 8.30. The van der Waals surface area contributed by atoms with Gasteiger partial charge in [-0.2, -0.15) is 0 Å². The Bertz CT molecular complexity index is 2600. The molecule has 1 heterocycles. The van der Waals surface area contributed by atoms with Crippen molar-refractivity contribution < 1.29 is 43.9 Å². The van der Waals surface area contributed by atoms with Gasteiger partial charge < -0.3 is 29.5 Å². The maximum atomic E-state index is 13.9. The van der Waals surface area contributed by atoms with Crippen LogP contribution in [0.3, 0.4) is 0 Å². The van der Waals surface area contributed by atoms with Crippen LogP contribution in [-0.4, -0.2) is 66.7 Å². The SMILES string of the molecule is CC(C)(C)c1cc(/C=C/C(=O)OCCn2c(=O)n(CCOC(=O)/C=C/c3cc(C(C)(C)C)c(O)c(C(C)(C)C)c3)c(=O)n(CCOC(=O)/C=C/c3cc(C(C)(C)C)c(O)c(C(C)(C)C)c3)c2=O)cc(C(C)(C)C)c1O. The van der Waals surface area contributed by atoms with E-state index in [1.165, 1.54) is 18.2 Å². The smallest absolute Gasteiger partial charge is 0.336 e. The number of phenols is 3. The third kappa shape index (κ3) is 15.8. The molecule has 0 radical (unpaired) electrons. The number of rotatable bonds is 15. The Hall–Kier alpha value is -6.90. The van der Waals surface area contributed by atoms with Crippen LogP contribution in [0.5, 0.6) is 17.2 Å². The standard InChI is InChI=1S/C60H81N3O12/c1-55(2,3)40-31-37(32-41(49(40)67)56(4,5)6)19-22-46(64)73-28-25-61-52(70)62(26-29-74-47(65)23-20-38-33-42(57(7,8)9)50(68)43(34-38)58(10,11)12)54(72)63(53(61)71)27-30-75-48(66)24-21-39-35-44(59(13,14)15)51(69)45(36-39)60(16,17)18/h19-24,31-36,67-69H,25-30H2,1-18H3/b22-19+,23-20+,24-21+. The lowest BCUT2D eigenvalue weighted by Crippen LogP contribution is -2.55. The zero-order valence-electron chi connectivity index (χ0n) is 47.5. The third-order valence-electron chi connectivity index (χ3n) is 12.5. The number of esters is 3. The molecule has 15 heteroatoms. The first kappa shape index (κ1) is 60.7. The lowest BCUT2D eigenvalue weighted by atomic mass is 9.78. The molecule has 0 unspecified atom stereocenters. The highest BCUT2D eigenvalue weighted by molar-refractivity contribution is 5.88. The van der Waals surface area contributed by atoms with E-state index < -0.39 is 107 Å². The Morgan fingerprint density at radius 3 is 0.707 bits per heavy atom. The molecule has 4 rings (SSSR count). The molecule has 0 saturated heterocycles. The van der Waals surface area contributed by atoms with Crippen molar-refractivity contribution in [2.24, 2.45) is 0 Å². The van der Waals surface area contributed by atoms with Crippen LogP contribution in [0, 0.1) is 0 Å². The van der Waals surface area contributed by atoms with Gasteiger partial charge in [0.2, 0.25) is 0 Å². The van der Waals surface area contributed by atoms with E-state index in [0.717, 1.165) is 0 Å². The molecule has 0 amide bonds. The normalized spacial score (nSPS) is 13.0. The number of aromatic hydroxyl groups is 3. The number of benzene rings is 3. The van der Waals surface area contributed by atoms with Gasteiger partial charge in [0.1, 0.15) is 37.1 Å². The molecule has 0 aliphatic carbocycles. The summed E-state index contributed by atoms with van der Waals surface area (Å²) in [7, 11) is 0. The summed E-state index contributed by atoms with van der Waals surface area (Å²) in [4.78, 5) is 80.8. The summed E-state index contributed by atoms with van der Waals surface area (Å²) in [5.74, 6) is -1.81. The van der Waals surface area contributed by atoms with Crippen LogP contribution in [-0.2, 0) is 80.7 Å². The average molecular weight is 1040 g/mol. The van der Waals surface area contributed by atoms with Gasteiger partial charge in [0.25, 0.3) is 0 Å². The molecule has 0 fully saturated rings. The number of hydrogen-bond acceptors (Lipinski definition) is 12. The quantitative estimate of drug-likeness (QED) is 0.0578. The van der Waals surface area contributed by atoms with E-state index >= 15 is 0 Å². The summed E-state index contributed by atoms with van der Waals surface area (Å²) < 4.78 is 18.4. The van der Waals surface area contributed by atoms with Crippen molar-refractivity contribution in [3.63, 3.8) is 0 Å². The first-order chi connectivity index (χ1) is 34.2. The molecule has 3 N–H and O–H groups in total. The van der Waals surface area contributed by atoms with Crippen molar-refractivity contribution in [1.82, 2.24) is 13.7 Å². The Balaban J connectivity index is 1.61. The highest BCUT2D eigenvalue weighted by atomic mass is 16.5. The molecule has 0 bridgehead atoms. The predicted molar refractivity (Wildman–Crippen MR) is 296 cm³/mol. The summed E-state index contributed by atoms with van der Waals surface area (Å²) in [6, 6.07) is 10.8. The van der Waals surface area contributed by atoms with Crippen molar-refractivity contribution in [1.29, 1.82) is 0 Å². The number of aromatic nitrogens is 3. The number of phenolic OH excluding ortho intramolecular Hbond substituents is 3. The largest absolute Gasteiger partial charge is 0.507 e. The maximum Gasteiger partial charge on any atom is 0.336 e. The fraction of sp³-hybridized carbons (Fsp3) is 0.500. The predicted octanol–water partition coefficient (Wildman–Crippen LogP) is 9.84. The molecule has 0 saturated carbocycles. The third-order valence-corrected chi connectivity index (χ3v) is 12.5. The Labute approximate surface area is 442 Å². The van der Waals surface area contributed by atoms with Crippen LogP contribution in [0.2, 0.25) is 0 Å². The first-order valence-corrected chi connectivity index (χ1v) is 25.4. The second-order valence-corrected chi connectivity index (χ2v) is 25.2. The van der Waals surface area contributed by atoms with Crippen molar-refractivity contribution in [3.05, 3.63) is 136 Å². The van der Waals surface area contributed by atoms with Crippen LogP contribution in [0.25, 0.3) is 18.2 Å². The van der Waals surface area contributed by atoms with Gasteiger partial charge in [-0.05, 0) is 104 Å². The lowest BCUT2D eigenvalue weighted by molar-refractivity contribution is -0.138. The van der Waals surface area contributed by atoms with Gasteiger partial charge in [-0.25, -0.2) is 42.5 Å². The molecule has 0 spiro atoms. The lowest BCUT2D eigenvalue weighted by Gasteiger charge is -2.27. The molecule has 75 heavy (non-hydrogen) atoms. The molecule has 0 aliphatic heterocycles. The minimum Gasteiger partial charge on any atom is -0.507 e. The van der Waals surface area contributed by atoms with Gasteiger partial charge in [-0.3, -0.25) is 0 Å². The van der Waals surface area contributed by atoms with Crippen molar-refractivity contribution in [3.8, 4) is 17.2 Å². The van der Waals surface area contributed by atoms with Crippen molar-refractivity contribution in [2.75, 3.05) is 19.8 Å². The van der Waals surface area contributed by atoms with Crippen molar-refractivity contribution in [2.45, 2.75) is 177 Å². The highest BCUT2D eigenvalue weighted by Crippen LogP contribution is 2.42. The molecule has 1 aromatic heterocycles. The van der Waals surface area contributed by atoms with E-state index in [-0.39, 0.29) is 17.2 Å². The number of nitrogens with zero attached hydrogens (tertiary/aromatic N) is 3. The summed E-state index contributed by atoms with van der Waals surface area (Å²) in [6.07, 6.45) is 8.23. The van der Waals surface area contributed by atoms with E-state index in [1.807, 2.05) is 125 Å². The molecule has 408 valence electrons. The van der Waals surface area contributed by atoms with Crippen LogP contribution in [0.15, 0.2) is 69.0 Å². The van der Waals surface area contributed by atoms with Gasteiger partial charge in [0.05, 0.1) is 19.6 Å². The van der Waals surface area contributed by atoms with E-state index in [1.54, 1.807) is 54.6 Å². The average Bonchev–Trinajstić information content (AvgIpc) is 3.26. The topological polar surface area (TPSA) is 206 Å². The highest BCUT2D eigenvalue weighted by Gasteiger charge is 2.29. The van der Waals surface area contributed by atoms with E-state index in [2.05, 4.69) is 0 Å². The van der Waals surface area contributed by atoms with Crippen LogP contribution in [0.1, 0.15) is 175 Å². The van der Waals surface area contributed by atoms with Gasteiger partial charge in [0, 0.05) is 51.6 Å². The molecule has 0 aliphatic rings. The maximum absolute atomic E-state index is 13.9. The zero-order chi connectivity index (χ0) is 57.0. The van der Waals surface area contributed by atoms with Gasteiger partial charge >= 0.3 is 35.0 Å². The number of carbonyl (C=O) groups is 3. The molecule has 15 nitrogen and oxygen atoms in total. The van der Waals surface area contributed by atoms with Crippen LogP contribution >= 0.6 is 0 Å². The van der Waals surface area contributed by atoms with Crippen LogP contribution in [0.4, 0.5) is 0 Å². The minimum absolute atomic E-state index is 0.183. The zero-order valence-corrected chi connectivity index (χ0v) is 47.5. The summed E-state index contributed by atoms with van der Waals surface area (Å²) in [5, 5.41) is 33.4. The summed E-state index contributed by atoms with van der Waals surface area (Å²) in [5.41, 5.74) is 0.495. The second kappa shape index (κ2) is 22.9. The molecular weight excluding hydrogens is 955 g/mol.